The van der Waals surface area contributed by atoms with Gasteiger partial charge in [0.1, 0.15) is 4.83 Å². The van der Waals surface area contributed by atoms with E-state index in [2.05, 4.69) is 11.9 Å². The molecule has 2 aromatic heterocycles. The molecule has 0 radical (unpaired) electrons. The normalized spacial score (nSPS) is 11.0. The fourth-order valence-corrected chi connectivity index (χ4v) is 3.08. The second-order valence-electron chi connectivity index (χ2n) is 4.35. The maximum Gasteiger partial charge on any atom is 0.329 e. The fourth-order valence-electron chi connectivity index (χ4n) is 1.87. The Hall–Kier alpha value is -1.47. The molecule has 0 bridgehead atoms. The number of aromatic amines is 1. The SMILES string of the molecule is CCCCc1cc2c(=O)n(CC(N)=S)c(=O)[nH]c2s1. The third kappa shape index (κ3) is 2.93. The molecule has 102 valence electrons. The van der Waals surface area contributed by atoms with Gasteiger partial charge in [-0.15, -0.1) is 11.3 Å². The van der Waals surface area contributed by atoms with Crippen molar-refractivity contribution in [1.29, 1.82) is 0 Å². The molecule has 0 aromatic carbocycles. The molecule has 5 nitrogen and oxygen atoms in total. The molecule has 7 heteroatoms. The van der Waals surface area contributed by atoms with Gasteiger partial charge in [-0.25, -0.2) is 4.79 Å². The summed E-state index contributed by atoms with van der Waals surface area (Å²) in [5, 5.41) is 0.534. The van der Waals surface area contributed by atoms with Crippen LogP contribution in [0.4, 0.5) is 0 Å². The van der Waals surface area contributed by atoms with Gasteiger partial charge >= 0.3 is 5.69 Å². The minimum atomic E-state index is -0.464. The van der Waals surface area contributed by atoms with Crippen molar-refractivity contribution in [3.8, 4) is 0 Å². The van der Waals surface area contributed by atoms with Crippen LogP contribution < -0.4 is 17.0 Å². The van der Waals surface area contributed by atoms with Gasteiger partial charge in [-0.05, 0) is 18.9 Å². The van der Waals surface area contributed by atoms with E-state index in [4.69, 9.17) is 18.0 Å². The van der Waals surface area contributed by atoms with Crippen molar-refractivity contribution in [3.63, 3.8) is 0 Å². The Balaban J connectivity index is 2.54. The van der Waals surface area contributed by atoms with Crippen LogP contribution in [-0.4, -0.2) is 14.5 Å². The number of nitrogens with one attached hydrogen (secondary N) is 1. The maximum absolute atomic E-state index is 12.2. The van der Waals surface area contributed by atoms with Crippen molar-refractivity contribution in [2.24, 2.45) is 5.73 Å². The zero-order valence-electron chi connectivity index (χ0n) is 10.6. The number of unbranched alkanes of at least 4 members (excludes halogenated alkanes) is 1. The third-order valence-corrected chi connectivity index (χ3v) is 4.05. The van der Waals surface area contributed by atoms with Gasteiger partial charge < -0.3 is 5.73 Å². The van der Waals surface area contributed by atoms with Crippen molar-refractivity contribution < 1.29 is 0 Å². The molecule has 0 saturated heterocycles. The molecule has 0 aliphatic rings. The molecule has 0 aliphatic carbocycles. The van der Waals surface area contributed by atoms with Crippen molar-refractivity contribution in [1.82, 2.24) is 9.55 Å². The van der Waals surface area contributed by atoms with Crippen molar-refractivity contribution in [3.05, 3.63) is 31.8 Å². The number of nitrogens with zero attached hydrogens (tertiary/aromatic N) is 1. The van der Waals surface area contributed by atoms with Crippen LogP contribution in [0.25, 0.3) is 10.2 Å². The van der Waals surface area contributed by atoms with E-state index in [-0.39, 0.29) is 17.1 Å². The first-order chi connectivity index (χ1) is 9.02. The van der Waals surface area contributed by atoms with E-state index in [9.17, 15) is 9.59 Å². The highest BCUT2D eigenvalue weighted by molar-refractivity contribution is 7.80. The van der Waals surface area contributed by atoms with Gasteiger partial charge in [0, 0.05) is 4.88 Å². The first-order valence-corrected chi connectivity index (χ1v) is 7.29. The van der Waals surface area contributed by atoms with E-state index < -0.39 is 5.69 Å². The van der Waals surface area contributed by atoms with E-state index in [0.717, 1.165) is 28.7 Å². The average Bonchev–Trinajstić information content (AvgIpc) is 2.74. The van der Waals surface area contributed by atoms with Crippen LogP contribution in [-0.2, 0) is 13.0 Å². The molecule has 0 fully saturated rings. The van der Waals surface area contributed by atoms with Crippen LogP contribution in [0.5, 0.6) is 0 Å². The van der Waals surface area contributed by atoms with Crippen LogP contribution >= 0.6 is 23.6 Å². The van der Waals surface area contributed by atoms with Gasteiger partial charge in [-0.3, -0.25) is 14.3 Å². The van der Waals surface area contributed by atoms with Crippen LogP contribution in [0.2, 0.25) is 0 Å². The maximum atomic E-state index is 12.2. The molecule has 2 rings (SSSR count). The second kappa shape index (κ2) is 5.66. The predicted molar refractivity (Wildman–Crippen MR) is 82.1 cm³/mol. The lowest BCUT2D eigenvalue weighted by Crippen LogP contribution is -2.38. The summed E-state index contributed by atoms with van der Waals surface area (Å²) in [6, 6.07) is 1.85. The van der Waals surface area contributed by atoms with Crippen LogP contribution in [0, 0.1) is 0 Å². The molecule has 19 heavy (non-hydrogen) atoms. The summed E-state index contributed by atoms with van der Waals surface area (Å²) in [6.07, 6.45) is 3.08. The van der Waals surface area contributed by atoms with Gasteiger partial charge in [0.25, 0.3) is 5.56 Å². The van der Waals surface area contributed by atoms with Crippen molar-refractivity contribution >= 4 is 38.8 Å². The lowest BCUT2D eigenvalue weighted by molar-refractivity contribution is 0.753. The number of thiophene rings is 1. The van der Waals surface area contributed by atoms with Crippen molar-refractivity contribution in [2.45, 2.75) is 32.7 Å². The zero-order valence-corrected chi connectivity index (χ0v) is 12.2. The monoisotopic (exact) mass is 297 g/mol. The van der Waals surface area contributed by atoms with E-state index in [1.807, 2.05) is 6.07 Å². The second-order valence-corrected chi connectivity index (χ2v) is 6.01. The Labute approximate surface area is 119 Å². The number of aryl methyl sites for hydroxylation is 1. The van der Waals surface area contributed by atoms with Crippen LogP contribution in [0.15, 0.2) is 15.7 Å². The van der Waals surface area contributed by atoms with Crippen LogP contribution in [0.1, 0.15) is 24.6 Å². The highest BCUT2D eigenvalue weighted by Crippen LogP contribution is 2.21. The summed E-state index contributed by atoms with van der Waals surface area (Å²) in [5.41, 5.74) is 4.61. The Morgan fingerprint density at radius 1 is 1.53 bits per heavy atom. The third-order valence-electron chi connectivity index (χ3n) is 2.81. The summed E-state index contributed by atoms with van der Waals surface area (Å²) in [4.78, 5) is 28.6. The van der Waals surface area contributed by atoms with Gasteiger partial charge in [-0.1, -0.05) is 25.6 Å². The molecule has 0 aliphatic heterocycles. The number of hydrogen-bond acceptors (Lipinski definition) is 4. The largest absolute Gasteiger partial charge is 0.392 e. The summed E-state index contributed by atoms with van der Waals surface area (Å²) in [6.45, 7) is 2.09. The van der Waals surface area contributed by atoms with E-state index in [0.29, 0.717) is 10.2 Å². The molecular formula is C12H15N3O2S2. The summed E-state index contributed by atoms with van der Waals surface area (Å²) in [5.74, 6) is 0. The van der Waals surface area contributed by atoms with Crippen molar-refractivity contribution in [2.75, 3.05) is 0 Å². The summed E-state index contributed by atoms with van der Waals surface area (Å²) in [7, 11) is 0. The lowest BCUT2D eigenvalue weighted by Gasteiger charge is -2.01. The summed E-state index contributed by atoms with van der Waals surface area (Å²) >= 11 is 6.21. The zero-order chi connectivity index (χ0) is 14.0. The predicted octanol–water partition coefficient (Wildman–Crippen LogP) is 1.38. The quantitative estimate of drug-likeness (QED) is 0.817. The standard InChI is InChI=1S/C12H15N3O2S2/c1-2-3-4-7-5-8-10(19-7)14-12(17)15(11(8)16)6-9(13)18/h5H,2-4,6H2,1H3,(H2,13,18)(H,14,17). The number of aromatic nitrogens is 2. The fraction of sp³-hybridized carbons (Fsp3) is 0.417. The molecule has 0 unspecified atom stereocenters. The molecule has 3 N–H and O–H groups in total. The molecule has 0 amide bonds. The number of rotatable bonds is 5. The Morgan fingerprint density at radius 2 is 2.26 bits per heavy atom. The first kappa shape index (κ1) is 14.0. The number of fused-ring (bicyclic) bond motifs is 1. The van der Waals surface area contributed by atoms with Gasteiger partial charge in [0.2, 0.25) is 0 Å². The summed E-state index contributed by atoms with van der Waals surface area (Å²) < 4.78 is 1.04. The molecule has 0 saturated carbocycles. The van der Waals surface area contributed by atoms with Gasteiger partial charge in [-0.2, -0.15) is 0 Å². The first-order valence-electron chi connectivity index (χ1n) is 6.06. The molecular weight excluding hydrogens is 282 g/mol. The number of thiocarbonyl (C=S) groups is 1. The number of hydrogen-bond donors (Lipinski definition) is 2. The van der Waals surface area contributed by atoms with E-state index in [1.54, 1.807) is 0 Å². The van der Waals surface area contributed by atoms with Gasteiger partial charge in [0.15, 0.2) is 0 Å². The molecule has 0 atom stereocenters. The Bertz CT molecular complexity index is 727. The topological polar surface area (TPSA) is 80.9 Å². The molecule has 2 aromatic rings. The average molecular weight is 297 g/mol. The minimum Gasteiger partial charge on any atom is -0.392 e. The molecule has 2 heterocycles. The van der Waals surface area contributed by atoms with Crippen LogP contribution in [0.3, 0.4) is 0 Å². The molecule has 0 spiro atoms. The Morgan fingerprint density at radius 3 is 2.89 bits per heavy atom. The van der Waals surface area contributed by atoms with E-state index >= 15 is 0 Å². The Kier molecular flexibility index (Phi) is 4.16. The number of nitrogens with two attached hydrogens (primary N) is 1. The van der Waals surface area contributed by atoms with Gasteiger partial charge in [0.05, 0.1) is 16.9 Å². The van der Waals surface area contributed by atoms with E-state index in [1.165, 1.54) is 11.3 Å². The number of H-pyrrole nitrogens is 1. The smallest absolute Gasteiger partial charge is 0.329 e. The highest BCUT2D eigenvalue weighted by Gasteiger charge is 2.11. The minimum absolute atomic E-state index is 0.0282. The lowest BCUT2D eigenvalue weighted by atomic mass is 10.2. The highest BCUT2D eigenvalue weighted by atomic mass is 32.1.